The van der Waals surface area contributed by atoms with Crippen molar-refractivity contribution >= 4 is 38.3 Å². The third-order valence-electron chi connectivity index (χ3n) is 6.46. The van der Waals surface area contributed by atoms with Gasteiger partial charge >= 0.3 is 0 Å². The zero-order valence-corrected chi connectivity index (χ0v) is 20.7. The number of hydrogen-bond donors (Lipinski definition) is 2. The van der Waals surface area contributed by atoms with E-state index < -0.39 is 10.0 Å². The highest BCUT2D eigenvalue weighted by Gasteiger charge is 2.27. The minimum absolute atomic E-state index is 0.186. The molecule has 1 saturated heterocycles. The van der Waals surface area contributed by atoms with E-state index in [1.807, 2.05) is 37.3 Å². The maximum atomic E-state index is 13.4. The van der Waals surface area contributed by atoms with Gasteiger partial charge in [-0.15, -0.1) is 0 Å². The average Bonchev–Trinajstić information content (AvgIpc) is 2.89. The number of aryl methyl sites for hydroxylation is 1. The summed E-state index contributed by atoms with van der Waals surface area (Å²) in [5, 5.41) is 4.17. The molecule has 0 bridgehead atoms. The number of carbonyl (C=O) groups is 1. The fourth-order valence-electron chi connectivity index (χ4n) is 4.57. The zero-order valence-electron chi connectivity index (χ0n) is 19.9. The van der Waals surface area contributed by atoms with E-state index in [1.54, 1.807) is 48.8 Å². The molecule has 2 heterocycles. The van der Waals surface area contributed by atoms with Gasteiger partial charge in [-0.05, 0) is 49.6 Å². The monoisotopic (exact) mass is 501 g/mol. The smallest absolute Gasteiger partial charge is 0.255 e. The van der Waals surface area contributed by atoms with Crippen molar-refractivity contribution in [2.24, 2.45) is 0 Å². The Morgan fingerprint density at radius 3 is 2.28 bits per heavy atom. The maximum absolute atomic E-state index is 13.4. The Hall–Kier alpha value is -3.82. The van der Waals surface area contributed by atoms with Crippen molar-refractivity contribution in [3.63, 3.8) is 0 Å². The Balaban J connectivity index is 1.35. The molecule has 9 heteroatoms. The summed E-state index contributed by atoms with van der Waals surface area (Å²) in [6, 6.07) is 19.4. The van der Waals surface area contributed by atoms with Crippen molar-refractivity contribution in [2.75, 3.05) is 23.3 Å². The summed E-state index contributed by atoms with van der Waals surface area (Å²) in [7, 11) is -3.79. The molecule has 184 valence electrons. The summed E-state index contributed by atoms with van der Waals surface area (Å²) in [6.45, 7) is 3.22. The minimum atomic E-state index is -3.79. The largest absolute Gasteiger partial charge is 0.341 e. The number of rotatable bonds is 6. The van der Waals surface area contributed by atoms with Crippen LogP contribution in [0.3, 0.4) is 0 Å². The van der Waals surface area contributed by atoms with E-state index in [1.165, 1.54) is 0 Å². The van der Waals surface area contributed by atoms with Gasteiger partial charge in [0.1, 0.15) is 0 Å². The number of benzene rings is 3. The third kappa shape index (κ3) is 4.93. The number of carbonyl (C=O) groups excluding carboxylic acids is 1. The molecular formula is C27H27N5O3S. The van der Waals surface area contributed by atoms with Crippen molar-refractivity contribution < 1.29 is 13.2 Å². The van der Waals surface area contributed by atoms with Crippen LogP contribution in [0.15, 0.2) is 84.0 Å². The van der Waals surface area contributed by atoms with Crippen LogP contribution in [0.1, 0.15) is 28.8 Å². The van der Waals surface area contributed by atoms with Gasteiger partial charge in [0.25, 0.3) is 5.91 Å². The molecule has 0 aliphatic carbocycles. The van der Waals surface area contributed by atoms with Gasteiger partial charge in [-0.2, -0.15) is 0 Å². The average molecular weight is 502 g/mol. The number of anilines is 2. The third-order valence-corrected chi connectivity index (χ3v) is 8.04. The Labute approximate surface area is 210 Å². The molecule has 1 amide bonds. The second-order valence-corrected chi connectivity index (χ2v) is 10.5. The van der Waals surface area contributed by atoms with Crippen LogP contribution in [0.5, 0.6) is 0 Å². The van der Waals surface area contributed by atoms with Gasteiger partial charge in [0.05, 0.1) is 4.90 Å². The Morgan fingerprint density at radius 1 is 0.889 bits per heavy atom. The van der Waals surface area contributed by atoms with E-state index in [9.17, 15) is 13.2 Å². The highest BCUT2D eigenvalue weighted by molar-refractivity contribution is 7.89. The molecule has 0 spiro atoms. The number of nitrogens with one attached hydrogen (secondary N) is 2. The summed E-state index contributed by atoms with van der Waals surface area (Å²) in [6.07, 6.45) is 4.71. The fraction of sp³-hybridized carbons (Fsp3) is 0.222. The standard InChI is InChI=1S/C27H27N5O3S/c1-19-7-2-3-8-21(19)26(33)30-24-11-12-25(23-10-5-4-9-22(23)24)36(34,35)31-20-13-17-32(18-14-20)27-28-15-6-16-29-27/h2-12,15-16,20,31H,13-14,17-18H2,1H3,(H,30,33). The quantitative estimate of drug-likeness (QED) is 0.412. The second-order valence-electron chi connectivity index (χ2n) is 8.86. The van der Waals surface area contributed by atoms with Gasteiger partial charge in [-0.1, -0.05) is 42.5 Å². The summed E-state index contributed by atoms with van der Waals surface area (Å²) >= 11 is 0. The molecule has 1 aliphatic heterocycles. The molecule has 36 heavy (non-hydrogen) atoms. The molecule has 8 nitrogen and oxygen atoms in total. The first kappa shape index (κ1) is 23.9. The van der Waals surface area contributed by atoms with Gasteiger partial charge in [0, 0.05) is 53.5 Å². The van der Waals surface area contributed by atoms with Crippen molar-refractivity contribution in [1.29, 1.82) is 0 Å². The Bertz CT molecular complexity index is 1500. The van der Waals surface area contributed by atoms with Gasteiger partial charge in [-0.3, -0.25) is 4.79 Å². The molecule has 0 radical (unpaired) electrons. The molecular weight excluding hydrogens is 474 g/mol. The SMILES string of the molecule is Cc1ccccc1C(=O)Nc1ccc(S(=O)(=O)NC2CCN(c3ncccn3)CC2)c2ccccc12. The van der Waals surface area contributed by atoms with Crippen molar-refractivity contribution in [3.05, 3.63) is 90.3 Å². The fourth-order valence-corrected chi connectivity index (χ4v) is 6.08. The van der Waals surface area contributed by atoms with Crippen molar-refractivity contribution in [2.45, 2.75) is 30.7 Å². The number of fused-ring (bicyclic) bond motifs is 1. The highest BCUT2D eigenvalue weighted by atomic mass is 32.2. The first-order valence-corrected chi connectivity index (χ1v) is 13.3. The molecule has 1 fully saturated rings. The molecule has 5 rings (SSSR count). The Kier molecular flexibility index (Phi) is 6.67. The molecule has 1 aromatic heterocycles. The van der Waals surface area contributed by atoms with E-state index >= 15 is 0 Å². The zero-order chi connectivity index (χ0) is 25.1. The van der Waals surface area contributed by atoms with Gasteiger partial charge < -0.3 is 10.2 Å². The second kappa shape index (κ2) is 10.0. The van der Waals surface area contributed by atoms with E-state index in [0.717, 1.165) is 5.56 Å². The Morgan fingerprint density at radius 2 is 1.56 bits per heavy atom. The number of amides is 1. The lowest BCUT2D eigenvalue weighted by atomic mass is 10.1. The maximum Gasteiger partial charge on any atom is 0.255 e. The number of aromatic nitrogens is 2. The van der Waals surface area contributed by atoms with Crippen LogP contribution in [0.2, 0.25) is 0 Å². The summed E-state index contributed by atoms with van der Waals surface area (Å²) < 4.78 is 29.7. The molecule has 0 atom stereocenters. The summed E-state index contributed by atoms with van der Waals surface area (Å²) in [4.78, 5) is 23.7. The summed E-state index contributed by atoms with van der Waals surface area (Å²) in [5.41, 5.74) is 2.01. The lowest BCUT2D eigenvalue weighted by Gasteiger charge is -2.32. The van der Waals surface area contributed by atoms with E-state index in [-0.39, 0.29) is 16.8 Å². The predicted molar refractivity (Wildman–Crippen MR) is 141 cm³/mol. The molecule has 2 N–H and O–H groups in total. The van der Waals surface area contributed by atoms with Crippen LogP contribution in [0, 0.1) is 6.92 Å². The lowest BCUT2D eigenvalue weighted by Crippen LogP contribution is -2.45. The van der Waals surface area contributed by atoms with Gasteiger partial charge in [0.2, 0.25) is 16.0 Å². The van der Waals surface area contributed by atoms with Gasteiger partial charge in [0.15, 0.2) is 0 Å². The minimum Gasteiger partial charge on any atom is -0.341 e. The number of nitrogens with zero attached hydrogens (tertiary/aromatic N) is 3. The van der Waals surface area contributed by atoms with Crippen LogP contribution >= 0.6 is 0 Å². The van der Waals surface area contributed by atoms with Gasteiger partial charge in [-0.25, -0.2) is 23.1 Å². The molecule has 4 aromatic rings. The first-order chi connectivity index (χ1) is 17.4. The van der Waals surface area contributed by atoms with Crippen LogP contribution in [0.25, 0.3) is 10.8 Å². The predicted octanol–water partition coefficient (Wildman–Crippen LogP) is 4.14. The number of hydrogen-bond acceptors (Lipinski definition) is 6. The van der Waals surface area contributed by atoms with Crippen LogP contribution in [-0.2, 0) is 10.0 Å². The first-order valence-electron chi connectivity index (χ1n) is 11.9. The van der Waals surface area contributed by atoms with Crippen LogP contribution < -0.4 is 14.9 Å². The van der Waals surface area contributed by atoms with Crippen molar-refractivity contribution in [3.8, 4) is 0 Å². The van der Waals surface area contributed by atoms with Crippen LogP contribution in [-0.4, -0.2) is 43.4 Å². The topological polar surface area (TPSA) is 104 Å². The normalized spacial score (nSPS) is 14.6. The van der Waals surface area contributed by atoms with Crippen LogP contribution in [0.4, 0.5) is 11.6 Å². The number of sulfonamides is 1. The van der Waals surface area contributed by atoms with E-state index in [4.69, 9.17) is 0 Å². The molecule has 0 unspecified atom stereocenters. The number of piperidine rings is 1. The highest BCUT2D eigenvalue weighted by Crippen LogP contribution is 2.30. The van der Waals surface area contributed by atoms with E-state index in [2.05, 4.69) is 24.9 Å². The molecule has 1 aliphatic rings. The molecule has 0 saturated carbocycles. The van der Waals surface area contributed by atoms with Crippen molar-refractivity contribution in [1.82, 2.24) is 14.7 Å². The lowest BCUT2D eigenvalue weighted by molar-refractivity contribution is 0.102. The summed E-state index contributed by atoms with van der Waals surface area (Å²) in [5.74, 6) is 0.425. The molecule has 3 aromatic carbocycles. The van der Waals surface area contributed by atoms with E-state index in [0.29, 0.717) is 53.9 Å².